The number of primary amides is 1. The summed E-state index contributed by atoms with van der Waals surface area (Å²) < 4.78 is 6.32. The normalized spacial score (nSPS) is 10.3. The molecule has 0 aliphatic rings. The van der Waals surface area contributed by atoms with Crippen LogP contribution in [0.3, 0.4) is 0 Å². The molecular formula is C10H11N3O2S. The Hall–Kier alpha value is -1.82. The highest BCUT2D eigenvalue weighted by atomic mass is 32.1. The molecule has 0 unspecified atom stereocenters. The maximum Gasteiger partial charge on any atom is 0.318 e. The van der Waals surface area contributed by atoms with E-state index in [-0.39, 0.29) is 0 Å². The molecule has 0 aliphatic heterocycles. The highest BCUT2D eigenvalue weighted by molar-refractivity contribution is 7.22. The lowest BCUT2D eigenvalue weighted by Gasteiger charge is -2.00. The molecule has 0 fully saturated rings. The van der Waals surface area contributed by atoms with Crippen molar-refractivity contribution >= 4 is 32.7 Å². The molecule has 0 bridgehead atoms. The zero-order valence-corrected chi connectivity index (χ0v) is 9.50. The summed E-state index contributed by atoms with van der Waals surface area (Å²) in [5, 5.41) is 2.95. The first-order valence-electron chi connectivity index (χ1n) is 4.79. The molecular weight excluding hydrogens is 226 g/mol. The van der Waals surface area contributed by atoms with Crippen LogP contribution in [0.1, 0.15) is 6.92 Å². The lowest BCUT2D eigenvalue weighted by Crippen LogP contribution is -2.18. The number of nitrogens with zero attached hydrogens (tertiary/aromatic N) is 1. The lowest BCUT2D eigenvalue weighted by atomic mass is 10.3. The number of hydrogen-bond donors (Lipinski definition) is 2. The first-order chi connectivity index (χ1) is 7.69. The van der Waals surface area contributed by atoms with Gasteiger partial charge in [0.25, 0.3) is 0 Å². The number of fused-ring (bicyclic) bond motifs is 1. The van der Waals surface area contributed by atoms with Crippen LogP contribution in [0.25, 0.3) is 10.2 Å². The maximum atomic E-state index is 10.7. The number of nitrogens with one attached hydrogen (secondary N) is 1. The SMILES string of the molecule is CCOc1ccc2nc(NC(N)=O)sc2c1. The first-order valence-corrected chi connectivity index (χ1v) is 5.60. The minimum Gasteiger partial charge on any atom is -0.494 e. The predicted molar refractivity (Wildman–Crippen MR) is 64.0 cm³/mol. The van der Waals surface area contributed by atoms with Gasteiger partial charge in [-0.15, -0.1) is 0 Å². The third-order valence-electron chi connectivity index (χ3n) is 1.90. The van der Waals surface area contributed by atoms with Crippen LogP contribution < -0.4 is 15.8 Å². The largest absolute Gasteiger partial charge is 0.494 e. The zero-order valence-electron chi connectivity index (χ0n) is 8.69. The van der Waals surface area contributed by atoms with E-state index in [9.17, 15) is 4.79 Å². The maximum absolute atomic E-state index is 10.7. The van der Waals surface area contributed by atoms with Crippen molar-refractivity contribution in [1.29, 1.82) is 0 Å². The van der Waals surface area contributed by atoms with Crippen LogP contribution in [0.5, 0.6) is 5.75 Å². The van der Waals surface area contributed by atoms with E-state index in [4.69, 9.17) is 10.5 Å². The Morgan fingerprint density at radius 3 is 3.12 bits per heavy atom. The van der Waals surface area contributed by atoms with E-state index < -0.39 is 6.03 Å². The fourth-order valence-corrected chi connectivity index (χ4v) is 2.22. The number of rotatable bonds is 3. The van der Waals surface area contributed by atoms with E-state index in [0.29, 0.717) is 11.7 Å². The monoisotopic (exact) mass is 237 g/mol. The van der Waals surface area contributed by atoms with Gasteiger partial charge >= 0.3 is 6.03 Å². The number of carbonyl (C=O) groups excluding carboxylic acids is 1. The molecule has 3 N–H and O–H groups in total. The number of aromatic nitrogens is 1. The summed E-state index contributed by atoms with van der Waals surface area (Å²) in [5.41, 5.74) is 5.83. The second-order valence-electron chi connectivity index (χ2n) is 3.07. The van der Waals surface area contributed by atoms with E-state index >= 15 is 0 Å². The Kier molecular flexibility index (Phi) is 2.91. The standard InChI is InChI=1S/C10H11N3O2S/c1-2-15-6-3-4-7-8(5-6)16-10(12-7)13-9(11)14/h3-5H,2H2,1H3,(H3,11,12,13,14). The molecule has 0 radical (unpaired) electrons. The number of hydrogen-bond acceptors (Lipinski definition) is 4. The van der Waals surface area contributed by atoms with Crippen LogP contribution in [-0.4, -0.2) is 17.6 Å². The Morgan fingerprint density at radius 1 is 1.62 bits per heavy atom. The topological polar surface area (TPSA) is 77.2 Å². The van der Waals surface area contributed by atoms with Crippen molar-refractivity contribution in [3.8, 4) is 5.75 Å². The van der Waals surface area contributed by atoms with E-state index in [1.165, 1.54) is 11.3 Å². The number of nitrogens with two attached hydrogens (primary N) is 1. The van der Waals surface area contributed by atoms with E-state index in [2.05, 4.69) is 10.3 Å². The highest BCUT2D eigenvalue weighted by Crippen LogP contribution is 2.29. The van der Waals surface area contributed by atoms with Crippen LogP contribution in [0.15, 0.2) is 18.2 Å². The Balaban J connectivity index is 2.34. The average molecular weight is 237 g/mol. The Morgan fingerprint density at radius 2 is 2.44 bits per heavy atom. The van der Waals surface area contributed by atoms with E-state index in [1.54, 1.807) is 0 Å². The summed E-state index contributed by atoms with van der Waals surface area (Å²) in [7, 11) is 0. The van der Waals surface area contributed by atoms with Gasteiger partial charge in [-0.3, -0.25) is 5.32 Å². The smallest absolute Gasteiger partial charge is 0.318 e. The van der Waals surface area contributed by atoms with Crippen molar-refractivity contribution in [2.45, 2.75) is 6.92 Å². The van der Waals surface area contributed by atoms with Crippen molar-refractivity contribution < 1.29 is 9.53 Å². The Bertz CT molecular complexity index is 524. The van der Waals surface area contributed by atoms with Gasteiger partial charge in [0.05, 0.1) is 16.8 Å². The quantitative estimate of drug-likeness (QED) is 0.858. The summed E-state index contributed by atoms with van der Waals surface area (Å²) >= 11 is 1.36. The third-order valence-corrected chi connectivity index (χ3v) is 2.83. The number of amides is 2. The fraction of sp³-hybridized carbons (Fsp3) is 0.200. The number of ether oxygens (including phenoxy) is 1. The van der Waals surface area contributed by atoms with E-state index in [1.807, 2.05) is 25.1 Å². The van der Waals surface area contributed by atoms with Gasteiger partial charge in [-0.05, 0) is 25.1 Å². The lowest BCUT2D eigenvalue weighted by molar-refractivity contribution is 0.259. The van der Waals surface area contributed by atoms with E-state index in [0.717, 1.165) is 16.0 Å². The second-order valence-corrected chi connectivity index (χ2v) is 4.10. The number of thiazole rings is 1. The van der Waals surface area contributed by atoms with Crippen molar-refractivity contribution in [3.05, 3.63) is 18.2 Å². The van der Waals surface area contributed by atoms with Gasteiger partial charge in [0, 0.05) is 0 Å². The molecule has 0 aliphatic carbocycles. The predicted octanol–water partition coefficient (Wildman–Crippen LogP) is 2.19. The number of urea groups is 1. The van der Waals surface area contributed by atoms with Gasteiger partial charge in [-0.25, -0.2) is 9.78 Å². The molecule has 0 spiro atoms. The van der Waals surface area contributed by atoms with Crippen LogP contribution >= 0.6 is 11.3 Å². The fourth-order valence-electron chi connectivity index (χ4n) is 1.32. The molecule has 1 aromatic heterocycles. The van der Waals surface area contributed by atoms with Crippen molar-refractivity contribution in [2.24, 2.45) is 5.73 Å². The van der Waals surface area contributed by atoms with Gasteiger partial charge in [0.15, 0.2) is 5.13 Å². The van der Waals surface area contributed by atoms with Gasteiger partial charge in [-0.1, -0.05) is 11.3 Å². The summed E-state index contributed by atoms with van der Waals surface area (Å²) in [6, 6.07) is 4.98. The molecule has 5 nitrogen and oxygen atoms in total. The molecule has 1 heterocycles. The number of anilines is 1. The molecule has 0 saturated carbocycles. The Labute approximate surface area is 96.2 Å². The molecule has 2 amide bonds. The highest BCUT2D eigenvalue weighted by Gasteiger charge is 2.06. The van der Waals surface area contributed by atoms with Crippen LogP contribution in [0.4, 0.5) is 9.93 Å². The minimum atomic E-state index is -0.607. The van der Waals surface area contributed by atoms with Gasteiger partial charge in [-0.2, -0.15) is 0 Å². The minimum absolute atomic E-state index is 0.496. The molecule has 84 valence electrons. The molecule has 0 atom stereocenters. The van der Waals surface area contributed by atoms with Crippen molar-refractivity contribution in [2.75, 3.05) is 11.9 Å². The molecule has 1 aromatic carbocycles. The zero-order chi connectivity index (χ0) is 11.5. The number of benzene rings is 1. The van der Waals surface area contributed by atoms with Crippen molar-refractivity contribution in [3.63, 3.8) is 0 Å². The van der Waals surface area contributed by atoms with Crippen molar-refractivity contribution in [1.82, 2.24) is 4.98 Å². The first kappa shape index (κ1) is 10.7. The molecule has 16 heavy (non-hydrogen) atoms. The summed E-state index contributed by atoms with van der Waals surface area (Å²) in [6.45, 7) is 2.55. The van der Waals surface area contributed by atoms with Gasteiger partial charge in [0.2, 0.25) is 0 Å². The van der Waals surface area contributed by atoms with Gasteiger partial charge in [0.1, 0.15) is 5.75 Å². The summed E-state index contributed by atoms with van der Waals surface area (Å²) in [5.74, 6) is 0.796. The molecule has 2 aromatic rings. The number of carbonyl (C=O) groups is 1. The van der Waals surface area contributed by atoms with Gasteiger partial charge < -0.3 is 10.5 Å². The molecule has 0 saturated heterocycles. The van der Waals surface area contributed by atoms with Crippen LogP contribution in [-0.2, 0) is 0 Å². The second kappa shape index (κ2) is 4.36. The summed E-state index contributed by atoms with van der Waals surface area (Å²) in [6.07, 6.45) is 0. The third kappa shape index (κ3) is 2.22. The average Bonchev–Trinajstić information content (AvgIpc) is 2.58. The van der Waals surface area contributed by atoms with Crippen LogP contribution in [0.2, 0.25) is 0 Å². The molecule has 2 rings (SSSR count). The molecule has 6 heteroatoms. The summed E-state index contributed by atoms with van der Waals surface area (Å²) in [4.78, 5) is 14.9. The van der Waals surface area contributed by atoms with Crippen LogP contribution in [0, 0.1) is 0 Å².